The van der Waals surface area contributed by atoms with Gasteiger partial charge in [-0.1, -0.05) is 35.9 Å². The SMILES string of the molecule is Cc1ccc(C)c(OCC(=O)NNC(=O)COc2ccccc2Cl)c1. The molecule has 7 heteroatoms. The van der Waals surface area contributed by atoms with Crippen molar-refractivity contribution in [1.82, 2.24) is 10.9 Å². The molecular weight excluding hydrogens is 344 g/mol. The summed E-state index contributed by atoms with van der Waals surface area (Å²) in [6.45, 7) is 3.34. The predicted octanol–water partition coefficient (Wildman–Crippen LogP) is 2.56. The van der Waals surface area contributed by atoms with Crippen LogP contribution >= 0.6 is 11.6 Å². The summed E-state index contributed by atoms with van der Waals surface area (Å²) in [5, 5.41) is 0.404. The number of para-hydroxylation sites is 1. The Hall–Kier alpha value is -2.73. The molecule has 0 unspecified atom stereocenters. The molecule has 0 radical (unpaired) electrons. The summed E-state index contributed by atoms with van der Waals surface area (Å²) in [6.07, 6.45) is 0. The lowest BCUT2D eigenvalue weighted by atomic mass is 10.1. The highest BCUT2D eigenvalue weighted by Crippen LogP contribution is 2.22. The van der Waals surface area contributed by atoms with Gasteiger partial charge in [0, 0.05) is 0 Å². The van der Waals surface area contributed by atoms with Crippen LogP contribution in [0.25, 0.3) is 0 Å². The number of carbonyl (C=O) groups is 2. The van der Waals surface area contributed by atoms with Crippen LogP contribution in [0.2, 0.25) is 5.02 Å². The molecule has 0 fully saturated rings. The smallest absolute Gasteiger partial charge is 0.276 e. The van der Waals surface area contributed by atoms with Crippen molar-refractivity contribution < 1.29 is 19.1 Å². The topological polar surface area (TPSA) is 76.7 Å². The highest BCUT2D eigenvalue weighted by Gasteiger charge is 2.08. The normalized spacial score (nSPS) is 10.0. The fraction of sp³-hybridized carbons (Fsp3) is 0.222. The number of rotatable bonds is 6. The summed E-state index contributed by atoms with van der Waals surface area (Å²) in [7, 11) is 0. The zero-order valence-corrected chi connectivity index (χ0v) is 14.7. The number of amides is 2. The van der Waals surface area contributed by atoms with Gasteiger partial charge in [-0.25, -0.2) is 0 Å². The van der Waals surface area contributed by atoms with Crippen LogP contribution in [0.4, 0.5) is 0 Å². The molecule has 0 saturated heterocycles. The Morgan fingerprint density at radius 2 is 1.52 bits per heavy atom. The number of hydrogen-bond acceptors (Lipinski definition) is 4. The van der Waals surface area contributed by atoms with E-state index in [1.807, 2.05) is 32.0 Å². The van der Waals surface area contributed by atoms with Crippen LogP contribution < -0.4 is 20.3 Å². The summed E-state index contributed by atoms with van der Waals surface area (Å²) in [5.74, 6) is 0.0273. The third-order valence-corrected chi connectivity index (χ3v) is 3.55. The first-order chi connectivity index (χ1) is 12.0. The van der Waals surface area contributed by atoms with Crippen LogP contribution in [-0.4, -0.2) is 25.0 Å². The third kappa shape index (κ3) is 6.00. The molecule has 0 atom stereocenters. The fourth-order valence-corrected chi connectivity index (χ4v) is 2.11. The average Bonchev–Trinajstić information content (AvgIpc) is 2.60. The average molecular weight is 363 g/mol. The molecule has 0 aliphatic carbocycles. The van der Waals surface area contributed by atoms with Gasteiger partial charge in [0.25, 0.3) is 11.8 Å². The molecular formula is C18H19ClN2O4. The molecule has 2 rings (SSSR count). The van der Waals surface area contributed by atoms with Crippen molar-refractivity contribution in [3.8, 4) is 11.5 Å². The highest BCUT2D eigenvalue weighted by molar-refractivity contribution is 6.32. The van der Waals surface area contributed by atoms with Crippen molar-refractivity contribution in [1.29, 1.82) is 0 Å². The van der Waals surface area contributed by atoms with Gasteiger partial charge in [0.05, 0.1) is 5.02 Å². The quantitative estimate of drug-likeness (QED) is 0.774. The van der Waals surface area contributed by atoms with E-state index in [0.29, 0.717) is 16.5 Å². The van der Waals surface area contributed by atoms with Crippen LogP contribution in [0.3, 0.4) is 0 Å². The van der Waals surface area contributed by atoms with Gasteiger partial charge in [0.2, 0.25) is 0 Å². The highest BCUT2D eigenvalue weighted by atomic mass is 35.5. The lowest BCUT2D eigenvalue weighted by molar-refractivity contribution is -0.131. The van der Waals surface area contributed by atoms with Gasteiger partial charge in [-0.05, 0) is 43.2 Å². The molecule has 2 N–H and O–H groups in total. The van der Waals surface area contributed by atoms with E-state index < -0.39 is 11.8 Å². The number of ether oxygens (including phenoxy) is 2. The minimum atomic E-state index is -0.514. The van der Waals surface area contributed by atoms with Crippen molar-refractivity contribution in [2.75, 3.05) is 13.2 Å². The maximum absolute atomic E-state index is 11.7. The van der Waals surface area contributed by atoms with Gasteiger partial charge < -0.3 is 9.47 Å². The molecule has 0 heterocycles. The number of nitrogens with one attached hydrogen (secondary N) is 2. The molecule has 0 aliphatic rings. The Morgan fingerprint density at radius 3 is 2.16 bits per heavy atom. The molecule has 6 nitrogen and oxygen atoms in total. The minimum absolute atomic E-state index is 0.212. The minimum Gasteiger partial charge on any atom is -0.483 e. The maximum Gasteiger partial charge on any atom is 0.276 e. The fourth-order valence-electron chi connectivity index (χ4n) is 1.92. The standard InChI is InChI=1S/C18H19ClN2O4/c1-12-7-8-13(2)16(9-12)25-11-18(23)21-20-17(22)10-24-15-6-4-3-5-14(15)19/h3-9H,10-11H2,1-2H3,(H,20,22)(H,21,23). The molecule has 2 aromatic rings. The number of hydrogen-bond donors (Lipinski definition) is 2. The Balaban J connectivity index is 1.71. The van der Waals surface area contributed by atoms with Gasteiger partial charge in [-0.3, -0.25) is 20.4 Å². The van der Waals surface area contributed by atoms with E-state index in [2.05, 4.69) is 10.9 Å². The monoisotopic (exact) mass is 362 g/mol. The second-order valence-electron chi connectivity index (χ2n) is 5.37. The molecule has 132 valence electrons. The molecule has 0 saturated carbocycles. The summed E-state index contributed by atoms with van der Waals surface area (Å²) in [4.78, 5) is 23.4. The second kappa shape index (κ2) is 8.94. The van der Waals surface area contributed by atoms with Crippen LogP contribution in [0, 0.1) is 13.8 Å². The zero-order chi connectivity index (χ0) is 18.2. The van der Waals surface area contributed by atoms with E-state index in [-0.39, 0.29) is 13.2 Å². The molecule has 0 spiro atoms. The second-order valence-corrected chi connectivity index (χ2v) is 5.78. The molecule has 2 aromatic carbocycles. The molecule has 0 bridgehead atoms. The van der Waals surface area contributed by atoms with Crippen LogP contribution in [0.1, 0.15) is 11.1 Å². The van der Waals surface area contributed by atoms with Gasteiger partial charge in [0.1, 0.15) is 11.5 Å². The Morgan fingerprint density at radius 1 is 0.920 bits per heavy atom. The van der Waals surface area contributed by atoms with Crippen molar-refractivity contribution in [3.63, 3.8) is 0 Å². The largest absolute Gasteiger partial charge is 0.483 e. The van der Waals surface area contributed by atoms with Crippen molar-refractivity contribution in [3.05, 3.63) is 58.6 Å². The first kappa shape index (κ1) is 18.6. The van der Waals surface area contributed by atoms with Gasteiger partial charge in [-0.2, -0.15) is 0 Å². The Bertz CT molecular complexity index is 764. The van der Waals surface area contributed by atoms with Gasteiger partial charge >= 0.3 is 0 Å². The van der Waals surface area contributed by atoms with E-state index >= 15 is 0 Å². The van der Waals surface area contributed by atoms with E-state index in [1.165, 1.54) is 0 Å². The van der Waals surface area contributed by atoms with Gasteiger partial charge in [0.15, 0.2) is 13.2 Å². The Labute approximate surface area is 151 Å². The Kier molecular flexibility index (Phi) is 6.65. The lowest BCUT2D eigenvalue weighted by Crippen LogP contribution is -2.45. The van der Waals surface area contributed by atoms with Crippen molar-refractivity contribution >= 4 is 23.4 Å². The molecule has 2 amide bonds. The summed E-state index contributed by atoms with van der Waals surface area (Å²) in [6, 6.07) is 12.5. The summed E-state index contributed by atoms with van der Waals surface area (Å²) < 4.78 is 10.7. The number of carbonyl (C=O) groups excluding carboxylic acids is 2. The molecule has 0 aromatic heterocycles. The van der Waals surface area contributed by atoms with Crippen LogP contribution in [0.15, 0.2) is 42.5 Å². The summed E-state index contributed by atoms with van der Waals surface area (Å²) >= 11 is 5.92. The molecule has 25 heavy (non-hydrogen) atoms. The first-order valence-corrected chi connectivity index (χ1v) is 7.98. The number of aryl methyl sites for hydroxylation is 2. The lowest BCUT2D eigenvalue weighted by Gasteiger charge is -2.11. The van der Waals surface area contributed by atoms with Crippen LogP contribution in [0.5, 0.6) is 11.5 Å². The number of benzene rings is 2. The van der Waals surface area contributed by atoms with Gasteiger partial charge in [-0.15, -0.1) is 0 Å². The predicted molar refractivity (Wildman–Crippen MR) is 94.6 cm³/mol. The van der Waals surface area contributed by atoms with E-state index in [1.54, 1.807) is 24.3 Å². The molecule has 0 aliphatic heterocycles. The maximum atomic E-state index is 11.7. The van der Waals surface area contributed by atoms with Crippen LogP contribution in [-0.2, 0) is 9.59 Å². The number of halogens is 1. The third-order valence-electron chi connectivity index (χ3n) is 3.24. The van der Waals surface area contributed by atoms with E-state index in [4.69, 9.17) is 21.1 Å². The van der Waals surface area contributed by atoms with E-state index in [9.17, 15) is 9.59 Å². The van der Waals surface area contributed by atoms with E-state index in [0.717, 1.165) is 11.1 Å². The zero-order valence-electron chi connectivity index (χ0n) is 14.0. The number of hydrazine groups is 1. The van der Waals surface area contributed by atoms with Crippen molar-refractivity contribution in [2.45, 2.75) is 13.8 Å². The van der Waals surface area contributed by atoms with Crippen molar-refractivity contribution in [2.24, 2.45) is 0 Å². The summed E-state index contributed by atoms with van der Waals surface area (Å²) in [5.41, 5.74) is 6.47. The first-order valence-electron chi connectivity index (χ1n) is 7.61.